The third-order valence-corrected chi connectivity index (χ3v) is 6.38. The maximum atomic E-state index is 6.03. The molecule has 0 atom stereocenters. The van der Waals surface area contributed by atoms with Crippen LogP contribution in [0.3, 0.4) is 0 Å². The van der Waals surface area contributed by atoms with Crippen LogP contribution in [-0.4, -0.2) is 30.1 Å². The van der Waals surface area contributed by atoms with Gasteiger partial charge in [0.25, 0.3) is 0 Å². The molecule has 4 aromatic rings. The van der Waals surface area contributed by atoms with Crippen LogP contribution in [0.2, 0.25) is 0 Å². The van der Waals surface area contributed by atoms with Crippen molar-refractivity contribution in [3.63, 3.8) is 0 Å². The molecule has 1 aliphatic heterocycles. The number of H-pyrrole nitrogens is 1. The van der Waals surface area contributed by atoms with E-state index >= 15 is 0 Å². The van der Waals surface area contributed by atoms with Gasteiger partial charge in [0.05, 0.1) is 12.7 Å². The molecule has 1 fully saturated rings. The predicted octanol–water partition coefficient (Wildman–Crippen LogP) is 4.01. The van der Waals surface area contributed by atoms with Crippen LogP contribution >= 0.6 is 0 Å². The van der Waals surface area contributed by atoms with Crippen molar-refractivity contribution in [3.8, 4) is 23.0 Å². The summed E-state index contributed by atoms with van der Waals surface area (Å²) in [5, 5.41) is 4.97. The first-order valence-electron chi connectivity index (χ1n) is 12.0. The van der Waals surface area contributed by atoms with Gasteiger partial charge in [0.2, 0.25) is 0 Å². The van der Waals surface area contributed by atoms with Gasteiger partial charge in [0, 0.05) is 47.2 Å². The quantitative estimate of drug-likeness (QED) is 0.114. The smallest absolute Gasteiger partial charge is 0.167 e. The Morgan fingerprint density at radius 2 is 1.89 bits per heavy atom. The molecule has 0 bridgehead atoms. The molecule has 0 saturated carbocycles. The fraction of sp³-hybridized carbons (Fsp3) is 0.207. The molecule has 7 heteroatoms. The molecular formula is C29H29N5O2. The molecule has 1 aliphatic rings. The van der Waals surface area contributed by atoms with Crippen LogP contribution in [0.15, 0.2) is 78.0 Å². The summed E-state index contributed by atoms with van der Waals surface area (Å²) in [6.45, 7) is 2.15. The Morgan fingerprint density at radius 3 is 2.67 bits per heavy atom. The van der Waals surface area contributed by atoms with Crippen molar-refractivity contribution < 1.29 is 9.47 Å². The third kappa shape index (κ3) is 5.26. The zero-order chi connectivity index (χ0) is 24.7. The zero-order valence-corrected chi connectivity index (χ0v) is 20.0. The van der Waals surface area contributed by atoms with Crippen LogP contribution in [0.4, 0.5) is 0 Å². The number of hydrazine groups is 1. The van der Waals surface area contributed by atoms with E-state index in [1.165, 1.54) is 0 Å². The largest absolute Gasteiger partial charge is 0.381 e. The summed E-state index contributed by atoms with van der Waals surface area (Å²) in [5.41, 5.74) is 9.21. The summed E-state index contributed by atoms with van der Waals surface area (Å²) >= 11 is 0. The number of aromatic nitrogens is 1. The van der Waals surface area contributed by atoms with E-state index in [9.17, 15) is 0 Å². The highest BCUT2D eigenvalue weighted by molar-refractivity contribution is 6.05. The molecule has 0 radical (unpaired) electrons. The highest BCUT2D eigenvalue weighted by Crippen LogP contribution is 2.30. The predicted molar refractivity (Wildman–Crippen MR) is 143 cm³/mol. The Labute approximate surface area is 210 Å². The molecule has 3 aromatic carbocycles. The van der Waals surface area contributed by atoms with Crippen LogP contribution in [0, 0.1) is 11.8 Å². The molecule has 0 aliphatic carbocycles. The Morgan fingerprint density at radius 1 is 1.06 bits per heavy atom. The Hall–Kier alpha value is -4.09. The normalized spacial score (nSPS) is 14.4. The minimum absolute atomic E-state index is 0.277. The summed E-state index contributed by atoms with van der Waals surface area (Å²) in [4.78, 5) is 3.27. The second-order valence-corrected chi connectivity index (χ2v) is 8.70. The van der Waals surface area contributed by atoms with E-state index in [0.29, 0.717) is 12.4 Å². The van der Waals surface area contributed by atoms with Gasteiger partial charge in [-0.25, -0.2) is 5.84 Å². The minimum atomic E-state index is 0.277. The number of nitrogens with one attached hydrogen (secondary N) is 2. The van der Waals surface area contributed by atoms with Gasteiger partial charge in [0.15, 0.2) is 5.84 Å². The van der Waals surface area contributed by atoms with E-state index in [4.69, 9.17) is 21.2 Å². The number of ether oxygens (including phenoxy) is 2. The molecule has 1 saturated heterocycles. The number of benzene rings is 3. The van der Waals surface area contributed by atoms with Gasteiger partial charge >= 0.3 is 0 Å². The average molecular weight is 480 g/mol. The van der Waals surface area contributed by atoms with Crippen molar-refractivity contribution in [1.82, 2.24) is 10.4 Å². The summed E-state index contributed by atoms with van der Waals surface area (Å²) < 4.78 is 11.4. The topological polar surface area (TPSA) is 111 Å². The van der Waals surface area contributed by atoms with Crippen molar-refractivity contribution in [2.24, 2.45) is 16.8 Å². The van der Waals surface area contributed by atoms with Crippen LogP contribution in [0.5, 0.6) is 0 Å². The van der Waals surface area contributed by atoms with E-state index in [1.54, 1.807) is 0 Å². The lowest BCUT2D eigenvalue weighted by Crippen LogP contribution is -2.32. The van der Waals surface area contributed by atoms with Crippen molar-refractivity contribution in [2.75, 3.05) is 13.2 Å². The third-order valence-electron chi connectivity index (χ3n) is 6.38. The molecule has 7 nitrogen and oxygen atoms in total. The van der Waals surface area contributed by atoms with E-state index in [-0.39, 0.29) is 6.10 Å². The summed E-state index contributed by atoms with van der Waals surface area (Å²) in [5.74, 6) is 18.4. The summed E-state index contributed by atoms with van der Waals surface area (Å²) in [6.07, 6.45) is 4.11. The maximum absolute atomic E-state index is 6.03. The Bertz CT molecular complexity index is 1420. The molecule has 1 aromatic heterocycles. The van der Waals surface area contributed by atoms with Crippen LogP contribution in [0.1, 0.15) is 35.1 Å². The number of hydrogen-bond donors (Lipinski definition) is 4. The van der Waals surface area contributed by atoms with Gasteiger partial charge in [-0.2, -0.15) is 5.10 Å². The monoisotopic (exact) mass is 479 g/mol. The van der Waals surface area contributed by atoms with Crippen molar-refractivity contribution in [3.05, 3.63) is 95.2 Å². The first kappa shape index (κ1) is 23.6. The van der Waals surface area contributed by atoms with E-state index in [2.05, 4.69) is 57.7 Å². The number of hydrazone groups is 1. The van der Waals surface area contributed by atoms with E-state index in [1.807, 2.05) is 42.6 Å². The van der Waals surface area contributed by atoms with Gasteiger partial charge in [-0.3, -0.25) is 0 Å². The molecule has 2 heterocycles. The van der Waals surface area contributed by atoms with Gasteiger partial charge in [-0.15, -0.1) is 0 Å². The molecule has 6 N–H and O–H groups in total. The molecule has 0 spiro atoms. The van der Waals surface area contributed by atoms with Gasteiger partial charge < -0.3 is 25.7 Å². The van der Waals surface area contributed by atoms with Gasteiger partial charge in [0.1, 0.15) is 0 Å². The fourth-order valence-electron chi connectivity index (χ4n) is 4.43. The number of hydrogen-bond acceptors (Lipinski definition) is 5. The van der Waals surface area contributed by atoms with Crippen LogP contribution in [0.25, 0.3) is 22.0 Å². The second kappa shape index (κ2) is 11.1. The number of nitrogens with two attached hydrogens (primary N) is 2. The maximum Gasteiger partial charge on any atom is 0.167 e. The summed E-state index contributed by atoms with van der Waals surface area (Å²) in [7, 11) is 0. The van der Waals surface area contributed by atoms with E-state index < -0.39 is 0 Å². The van der Waals surface area contributed by atoms with Crippen LogP contribution < -0.4 is 17.1 Å². The first-order valence-corrected chi connectivity index (χ1v) is 12.0. The average Bonchev–Trinajstić information content (AvgIpc) is 3.41. The lowest BCUT2D eigenvalue weighted by Gasteiger charge is -2.22. The number of nitrogens with zero attached hydrogens (tertiary/aromatic N) is 1. The second-order valence-electron chi connectivity index (χ2n) is 8.70. The zero-order valence-electron chi connectivity index (χ0n) is 20.0. The van der Waals surface area contributed by atoms with Crippen LogP contribution in [-0.2, 0) is 16.1 Å². The highest BCUT2D eigenvalue weighted by Gasteiger charge is 2.15. The number of fused-ring (bicyclic) bond motifs is 1. The molecule has 0 amide bonds. The van der Waals surface area contributed by atoms with Crippen molar-refractivity contribution in [1.29, 1.82) is 0 Å². The Kier molecular flexibility index (Phi) is 7.29. The molecular weight excluding hydrogens is 450 g/mol. The SMILES string of the molecule is N/N=C(\NN)c1cccc(C#Cc2ccc(COC3CCOCC3)cc2)c1-c1ccc2cc[nH]c2c1. The first-order chi connectivity index (χ1) is 17.7. The molecule has 0 unspecified atom stereocenters. The highest BCUT2D eigenvalue weighted by atomic mass is 16.5. The van der Waals surface area contributed by atoms with E-state index in [0.717, 1.165) is 70.3 Å². The molecule has 5 rings (SSSR count). The number of aromatic amines is 1. The molecule has 36 heavy (non-hydrogen) atoms. The fourth-order valence-corrected chi connectivity index (χ4v) is 4.43. The minimum Gasteiger partial charge on any atom is -0.381 e. The lowest BCUT2D eigenvalue weighted by atomic mass is 9.93. The van der Waals surface area contributed by atoms with Crippen molar-refractivity contribution in [2.45, 2.75) is 25.6 Å². The summed E-state index contributed by atoms with van der Waals surface area (Å²) in [6, 6.07) is 22.3. The Balaban J connectivity index is 1.44. The standard InChI is InChI=1S/C29H29N5O2/c30-33-29(34-31)26-3-1-2-23(28(26)24-11-10-22-12-15-32-27(22)18-24)9-8-20-4-6-21(7-5-20)19-36-25-13-16-35-17-14-25/h1-7,10-12,15,18,25,32H,13-14,16-17,19,30-31H2,(H,33,34). The van der Waals surface area contributed by atoms with Gasteiger partial charge in [-0.1, -0.05) is 48.2 Å². The van der Waals surface area contributed by atoms with Crippen molar-refractivity contribution >= 4 is 16.7 Å². The lowest BCUT2D eigenvalue weighted by molar-refractivity contribution is -0.0390. The number of rotatable bonds is 5. The number of amidine groups is 1. The van der Waals surface area contributed by atoms with Gasteiger partial charge in [-0.05, 0) is 59.7 Å². The molecule has 182 valence electrons.